The zero-order chi connectivity index (χ0) is 18.5. The molecule has 136 valence electrons. The Balaban J connectivity index is 1.98. The van der Waals surface area contributed by atoms with Crippen molar-refractivity contribution < 1.29 is 18.3 Å². The number of allylic oxidation sites excluding steroid dienone is 1. The maximum absolute atomic E-state index is 12.6. The van der Waals surface area contributed by atoms with Gasteiger partial charge in [-0.15, -0.1) is 10.2 Å². The fraction of sp³-hybridized carbons (Fsp3) is 0.389. The smallest absolute Gasteiger partial charge is 0.387 e. The van der Waals surface area contributed by atoms with E-state index >= 15 is 0 Å². The fourth-order valence-electron chi connectivity index (χ4n) is 2.97. The van der Waals surface area contributed by atoms with Crippen molar-refractivity contribution in [2.24, 2.45) is 0 Å². The first-order chi connectivity index (χ1) is 12.6. The number of methoxy groups -OCH3 is 1. The monoisotopic (exact) mass is 360 g/mol. The normalized spacial score (nSPS) is 14.5. The molecule has 0 N–H and O–H groups in total. The standard InChI is InChI=1S/C18H18F2N4O2/c1-25-14-7-6-12(10-15(14)26-18(19)20)9-13(11-21)17-23-22-16-5-3-2-4-8-24(16)17/h6-7,9-10,18H,2-5,8H2,1H3. The molecular weight excluding hydrogens is 342 g/mol. The molecule has 0 amide bonds. The van der Waals surface area contributed by atoms with E-state index in [1.54, 1.807) is 12.1 Å². The van der Waals surface area contributed by atoms with Crippen LogP contribution in [0.1, 0.15) is 36.5 Å². The van der Waals surface area contributed by atoms with Crippen molar-refractivity contribution in [3.63, 3.8) is 0 Å². The molecule has 0 saturated heterocycles. The molecule has 1 aromatic heterocycles. The zero-order valence-electron chi connectivity index (χ0n) is 14.3. The van der Waals surface area contributed by atoms with Crippen LogP contribution in [0.4, 0.5) is 8.78 Å². The molecule has 0 spiro atoms. The second-order valence-electron chi connectivity index (χ2n) is 5.86. The molecule has 26 heavy (non-hydrogen) atoms. The van der Waals surface area contributed by atoms with Crippen LogP contribution in [-0.4, -0.2) is 28.5 Å². The highest BCUT2D eigenvalue weighted by atomic mass is 19.3. The summed E-state index contributed by atoms with van der Waals surface area (Å²) in [6, 6.07) is 6.71. The van der Waals surface area contributed by atoms with Gasteiger partial charge in [-0.25, -0.2) is 0 Å². The van der Waals surface area contributed by atoms with Gasteiger partial charge in [0.15, 0.2) is 17.3 Å². The number of alkyl halides is 2. The molecular formula is C18H18F2N4O2. The van der Waals surface area contributed by atoms with Gasteiger partial charge in [-0.05, 0) is 36.6 Å². The van der Waals surface area contributed by atoms with Crippen molar-refractivity contribution in [1.29, 1.82) is 5.26 Å². The van der Waals surface area contributed by atoms with E-state index < -0.39 is 6.61 Å². The molecule has 6 nitrogen and oxygen atoms in total. The highest BCUT2D eigenvalue weighted by molar-refractivity contribution is 5.87. The minimum atomic E-state index is -2.97. The predicted octanol–water partition coefficient (Wildman–Crippen LogP) is 3.68. The summed E-state index contributed by atoms with van der Waals surface area (Å²) in [5.74, 6) is 1.47. The van der Waals surface area contributed by atoms with Crippen molar-refractivity contribution in [1.82, 2.24) is 14.8 Å². The molecule has 0 fully saturated rings. The molecule has 0 unspecified atom stereocenters. The summed E-state index contributed by atoms with van der Waals surface area (Å²) in [4.78, 5) is 0. The van der Waals surface area contributed by atoms with Crippen molar-refractivity contribution in [2.45, 2.75) is 38.8 Å². The molecule has 0 atom stereocenters. The molecule has 8 heteroatoms. The number of aryl methyl sites for hydroxylation is 1. The van der Waals surface area contributed by atoms with Gasteiger partial charge in [0.1, 0.15) is 11.9 Å². The van der Waals surface area contributed by atoms with E-state index in [1.165, 1.54) is 19.2 Å². The summed E-state index contributed by atoms with van der Waals surface area (Å²) in [5, 5.41) is 17.9. The quantitative estimate of drug-likeness (QED) is 0.761. The van der Waals surface area contributed by atoms with E-state index in [2.05, 4.69) is 21.0 Å². The molecule has 0 radical (unpaired) electrons. The zero-order valence-corrected chi connectivity index (χ0v) is 14.3. The number of aromatic nitrogens is 3. The number of halogens is 2. The second kappa shape index (κ2) is 7.95. The third kappa shape index (κ3) is 3.82. The molecule has 0 bridgehead atoms. The van der Waals surface area contributed by atoms with Crippen LogP contribution in [0.2, 0.25) is 0 Å². The number of fused-ring (bicyclic) bond motifs is 1. The van der Waals surface area contributed by atoms with Crippen LogP contribution in [0.5, 0.6) is 11.5 Å². The fourth-order valence-corrected chi connectivity index (χ4v) is 2.97. The molecule has 2 heterocycles. The van der Waals surface area contributed by atoms with E-state index in [4.69, 9.17) is 4.74 Å². The van der Waals surface area contributed by atoms with Gasteiger partial charge < -0.3 is 14.0 Å². The number of rotatable bonds is 5. The average molecular weight is 360 g/mol. The van der Waals surface area contributed by atoms with Gasteiger partial charge in [-0.1, -0.05) is 12.5 Å². The van der Waals surface area contributed by atoms with Gasteiger partial charge in [0, 0.05) is 13.0 Å². The maximum Gasteiger partial charge on any atom is 0.387 e. The predicted molar refractivity (Wildman–Crippen MR) is 90.7 cm³/mol. The molecule has 1 aliphatic rings. The van der Waals surface area contributed by atoms with Gasteiger partial charge in [-0.3, -0.25) is 0 Å². The molecule has 1 aliphatic heterocycles. The molecule has 1 aromatic carbocycles. The Hall–Kier alpha value is -2.95. The lowest BCUT2D eigenvalue weighted by atomic mass is 10.1. The summed E-state index contributed by atoms with van der Waals surface area (Å²) in [6.07, 6.45) is 5.59. The van der Waals surface area contributed by atoms with Crippen LogP contribution in [-0.2, 0) is 13.0 Å². The van der Waals surface area contributed by atoms with Crippen molar-refractivity contribution in [2.75, 3.05) is 7.11 Å². The lowest BCUT2D eigenvalue weighted by Gasteiger charge is -2.10. The molecule has 2 aromatic rings. The molecule has 0 saturated carbocycles. The van der Waals surface area contributed by atoms with E-state index in [0.29, 0.717) is 17.0 Å². The Morgan fingerprint density at radius 2 is 2.12 bits per heavy atom. The van der Waals surface area contributed by atoms with Crippen LogP contribution in [0.25, 0.3) is 11.6 Å². The Kier molecular flexibility index (Phi) is 5.46. The van der Waals surface area contributed by atoms with Crippen molar-refractivity contribution >= 4 is 11.6 Å². The number of nitrogens with zero attached hydrogens (tertiary/aromatic N) is 4. The molecule has 0 aliphatic carbocycles. The first-order valence-electron chi connectivity index (χ1n) is 8.29. The second-order valence-corrected chi connectivity index (χ2v) is 5.86. The number of nitriles is 1. The first kappa shape index (κ1) is 17.9. The lowest BCUT2D eigenvalue weighted by molar-refractivity contribution is -0.0512. The van der Waals surface area contributed by atoms with Crippen LogP contribution in [0.3, 0.4) is 0 Å². The maximum atomic E-state index is 12.6. The number of benzene rings is 1. The van der Waals surface area contributed by atoms with Gasteiger partial charge in [0.05, 0.1) is 12.7 Å². The van der Waals surface area contributed by atoms with E-state index in [0.717, 1.165) is 38.1 Å². The van der Waals surface area contributed by atoms with E-state index in [1.807, 2.05) is 4.57 Å². The van der Waals surface area contributed by atoms with Gasteiger partial charge in [0.2, 0.25) is 0 Å². The Morgan fingerprint density at radius 3 is 2.85 bits per heavy atom. The summed E-state index contributed by atoms with van der Waals surface area (Å²) in [7, 11) is 1.37. The summed E-state index contributed by atoms with van der Waals surface area (Å²) in [6.45, 7) is -2.20. The van der Waals surface area contributed by atoms with E-state index in [9.17, 15) is 14.0 Å². The first-order valence-corrected chi connectivity index (χ1v) is 8.29. The van der Waals surface area contributed by atoms with E-state index in [-0.39, 0.29) is 11.5 Å². The highest BCUT2D eigenvalue weighted by Crippen LogP contribution is 2.31. The Bertz CT molecular complexity index is 855. The van der Waals surface area contributed by atoms with Crippen LogP contribution in [0, 0.1) is 11.3 Å². The average Bonchev–Trinajstić information content (AvgIpc) is 2.87. The minimum Gasteiger partial charge on any atom is -0.493 e. The summed E-state index contributed by atoms with van der Waals surface area (Å²) < 4.78 is 36.6. The minimum absolute atomic E-state index is 0.0892. The number of hydrogen-bond donors (Lipinski definition) is 0. The van der Waals surface area contributed by atoms with Gasteiger partial charge in [-0.2, -0.15) is 14.0 Å². The third-order valence-electron chi connectivity index (χ3n) is 4.19. The molecule has 3 rings (SSSR count). The third-order valence-corrected chi connectivity index (χ3v) is 4.19. The lowest BCUT2D eigenvalue weighted by Crippen LogP contribution is -2.05. The van der Waals surface area contributed by atoms with Crippen molar-refractivity contribution in [3.05, 3.63) is 35.4 Å². The number of ether oxygens (including phenoxy) is 2. The Morgan fingerprint density at radius 1 is 1.27 bits per heavy atom. The SMILES string of the molecule is COc1ccc(C=C(C#N)c2nnc3n2CCCCC3)cc1OC(F)F. The van der Waals surface area contributed by atoms with Crippen LogP contribution in [0.15, 0.2) is 18.2 Å². The highest BCUT2D eigenvalue weighted by Gasteiger charge is 2.18. The van der Waals surface area contributed by atoms with Gasteiger partial charge >= 0.3 is 6.61 Å². The summed E-state index contributed by atoms with van der Waals surface area (Å²) >= 11 is 0. The largest absolute Gasteiger partial charge is 0.493 e. The number of hydrogen-bond acceptors (Lipinski definition) is 5. The Labute approximate surface area is 149 Å². The summed E-state index contributed by atoms with van der Waals surface area (Å²) in [5.41, 5.74) is 0.850. The van der Waals surface area contributed by atoms with Crippen molar-refractivity contribution in [3.8, 4) is 17.6 Å². The van der Waals surface area contributed by atoms with Crippen LogP contribution < -0.4 is 9.47 Å². The van der Waals surface area contributed by atoms with Gasteiger partial charge in [0.25, 0.3) is 0 Å². The van der Waals surface area contributed by atoms with Crippen LogP contribution >= 0.6 is 0 Å². The topological polar surface area (TPSA) is 73.0 Å².